The van der Waals surface area contributed by atoms with Crippen molar-refractivity contribution < 1.29 is 0 Å². The average molecular weight is 846 g/mol. The van der Waals surface area contributed by atoms with Crippen molar-refractivity contribution in [2.24, 2.45) is 0 Å². The Labute approximate surface area is 384 Å². The van der Waals surface area contributed by atoms with Gasteiger partial charge in [0, 0.05) is 44.8 Å². The molecule has 8 aromatic carbocycles. The van der Waals surface area contributed by atoms with E-state index >= 15 is 0 Å². The molecule has 0 saturated heterocycles. The molecule has 0 aliphatic heterocycles. The lowest BCUT2D eigenvalue weighted by Gasteiger charge is -2.20. The van der Waals surface area contributed by atoms with E-state index in [4.69, 9.17) is 24.9 Å². The molecule has 11 rings (SSSR count). The fraction of sp³-hybridized carbons (Fsp3) is 0.0328. The highest BCUT2D eigenvalue weighted by Gasteiger charge is 2.21. The Morgan fingerprint density at radius 3 is 1.29 bits per heavy atom. The van der Waals surface area contributed by atoms with Gasteiger partial charge >= 0.3 is 0 Å². The van der Waals surface area contributed by atoms with E-state index in [0.717, 1.165) is 101 Å². The van der Waals surface area contributed by atoms with Crippen molar-refractivity contribution in [3.8, 4) is 101 Å². The summed E-state index contributed by atoms with van der Waals surface area (Å²) in [6, 6.07) is 78.3. The van der Waals surface area contributed by atoms with Crippen LogP contribution in [0.4, 0.5) is 0 Å². The van der Waals surface area contributed by atoms with Crippen LogP contribution in [-0.4, -0.2) is 24.9 Å². The number of aryl methyl sites for hydroxylation is 2. The summed E-state index contributed by atoms with van der Waals surface area (Å²) in [7, 11) is 0. The van der Waals surface area contributed by atoms with Crippen LogP contribution >= 0.6 is 0 Å². The number of hydrogen-bond acceptors (Lipinski definition) is 5. The summed E-state index contributed by atoms with van der Waals surface area (Å²) < 4.78 is 0. The van der Waals surface area contributed by atoms with Gasteiger partial charge in [-0.15, -0.1) is 0 Å². The smallest absolute Gasteiger partial charge is 0.160 e. The highest BCUT2D eigenvalue weighted by molar-refractivity contribution is 6.00. The van der Waals surface area contributed by atoms with Gasteiger partial charge in [-0.2, -0.15) is 0 Å². The SMILES string of the molecule is Cc1cc(-c2cccc(-c3ccc(-c4nc(-c5ccccc5)cc(-c5ccc6ccccc6c5)n4)cc3)c2-c2ccccc2-c2cc(-c3ccccc3)nc(-c3ccccc3)n2)cc(C)n1. The third kappa shape index (κ3) is 8.06. The van der Waals surface area contributed by atoms with Crippen molar-refractivity contribution in [3.05, 3.63) is 236 Å². The molecule has 0 atom stereocenters. The summed E-state index contributed by atoms with van der Waals surface area (Å²) in [6.07, 6.45) is 0. The predicted molar refractivity (Wildman–Crippen MR) is 271 cm³/mol. The molecule has 0 radical (unpaired) electrons. The molecule has 0 aliphatic carbocycles. The summed E-state index contributed by atoms with van der Waals surface area (Å²) in [5.74, 6) is 1.34. The maximum absolute atomic E-state index is 5.30. The summed E-state index contributed by atoms with van der Waals surface area (Å²) in [5, 5.41) is 2.37. The molecule has 0 saturated carbocycles. The molecular weight excluding hydrogens is 803 g/mol. The molecule has 66 heavy (non-hydrogen) atoms. The van der Waals surface area contributed by atoms with Crippen molar-refractivity contribution in [1.29, 1.82) is 0 Å². The minimum absolute atomic E-state index is 0.667. The Bertz CT molecular complexity index is 3450. The van der Waals surface area contributed by atoms with Gasteiger partial charge in [-0.25, -0.2) is 19.9 Å². The van der Waals surface area contributed by atoms with Crippen LogP contribution in [0.15, 0.2) is 224 Å². The van der Waals surface area contributed by atoms with E-state index < -0.39 is 0 Å². The maximum Gasteiger partial charge on any atom is 0.160 e. The lowest BCUT2D eigenvalue weighted by atomic mass is 9.85. The van der Waals surface area contributed by atoms with Crippen LogP contribution in [0.3, 0.4) is 0 Å². The van der Waals surface area contributed by atoms with Crippen LogP contribution in [0.1, 0.15) is 11.4 Å². The van der Waals surface area contributed by atoms with Gasteiger partial charge in [0.05, 0.1) is 22.8 Å². The summed E-state index contributed by atoms with van der Waals surface area (Å²) in [5.41, 5.74) is 17.9. The minimum Gasteiger partial charge on any atom is -0.258 e. The van der Waals surface area contributed by atoms with Gasteiger partial charge < -0.3 is 0 Å². The van der Waals surface area contributed by atoms with Crippen LogP contribution < -0.4 is 0 Å². The normalized spacial score (nSPS) is 11.2. The van der Waals surface area contributed by atoms with E-state index in [-0.39, 0.29) is 0 Å². The highest BCUT2D eigenvalue weighted by Crippen LogP contribution is 2.45. The molecule has 0 amide bonds. The first-order chi connectivity index (χ1) is 32.5. The number of benzene rings is 8. The maximum atomic E-state index is 5.30. The quantitative estimate of drug-likeness (QED) is 0.145. The zero-order chi connectivity index (χ0) is 44.4. The Kier molecular flexibility index (Phi) is 10.6. The van der Waals surface area contributed by atoms with Crippen molar-refractivity contribution in [1.82, 2.24) is 24.9 Å². The Balaban J connectivity index is 1.08. The van der Waals surface area contributed by atoms with Crippen LogP contribution in [-0.2, 0) is 0 Å². The molecule has 11 aromatic rings. The Morgan fingerprint density at radius 1 is 0.242 bits per heavy atom. The second-order valence-corrected chi connectivity index (χ2v) is 16.6. The van der Waals surface area contributed by atoms with Gasteiger partial charge in [-0.1, -0.05) is 194 Å². The lowest BCUT2D eigenvalue weighted by molar-refractivity contribution is 1.12. The first-order valence-corrected chi connectivity index (χ1v) is 22.2. The molecular formula is C61H43N5. The number of fused-ring (bicyclic) bond motifs is 1. The zero-order valence-electron chi connectivity index (χ0n) is 36.6. The van der Waals surface area contributed by atoms with Gasteiger partial charge in [0.15, 0.2) is 11.6 Å². The molecule has 312 valence electrons. The molecule has 0 N–H and O–H groups in total. The van der Waals surface area contributed by atoms with Gasteiger partial charge in [-0.3, -0.25) is 4.98 Å². The van der Waals surface area contributed by atoms with E-state index in [1.54, 1.807) is 0 Å². The van der Waals surface area contributed by atoms with E-state index in [1.165, 1.54) is 10.8 Å². The molecule has 0 unspecified atom stereocenters. The first-order valence-electron chi connectivity index (χ1n) is 22.2. The fourth-order valence-corrected chi connectivity index (χ4v) is 8.92. The van der Waals surface area contributed by atoms with Gasteiger partial charge in [0.25, 0.3) is 0 Å². The van der Waals surface area contributed by atoms with Crippen LogP contribution in [0.5, 0.6) is 0 Å². The van der Waals surface area contributed by atoms with Crippen molar-refractivity contribution in [2.45, 2.75) is 13.8 Å². The largest absolute Gasteiger partial charge is 0.258 e. The molecule has 3 aromatic heterocycles. The standard InChI is InChI=1S/C61H43N5/c1-40-35-50(36-41(2)62-40)52-28-16-27-51(59(52)54-26-15-14-25-53(54)58-39-56(45-20-8-4-9-21-45)64-60(66-58)46-22-10-5-11-23-46)43-30-32-47(33-31-43)61-63-55(44-18-6-3-7-19-44)38-57(65-61)49-34-29-42-17-12-13-24-48(42)37-49/h3-39H,1-2H3. The van der Waals surface area contributed by atoms with Crippen molar-refractivity contribution in [2.75, 3.05) is 0 Å². The number of pyridine rings is 1. The predicted octanol–water partition coefficient (Wildman–Crippen LogP) is 15.4. The number of hydrogen-bond donors (Lipinski definition) is 0. The van der Waals surface area contributed by atoms with Gasteiger partial charge in [0.2, 0.25) is 0 Å². The monoisotopic (exact) mass is 845 g/mol. The first kappa shape index (κ1) is 40.1. The van der Waals surface area contributed by atoms with Crippen LogP contribution in [0.2, 0.25) is 0 Å². The molecule has 0 spiro atoms. The minimum atomic E-state index is 0.667. The van der Waals surface area contributed by atoms with Crippen LogP contribution in [0, 0.1) is 13.8 Å². The highest BCUT2D eigenvalue weighted by atomic mass is 14.9. The summed E-state index contributed by atoms with van der Waals surface area (Å²) in [6.45, 7) is 4.12. The number of rotatable bonds is 9. The van der Waals surface area contributed by atoms with E-state index in [9.17, 15) is 0 Å². The summed E-state index contributed by atoms with van der Waals surface area (Å²) >= 11 is 0. The molecule has 5 nitrogen and oxygen atoms in total. The lowest BCUT2D eigenvalue weighted by Crippen LogP contribution is -1.99. The van der Waals surface area contributed by atoms with Gasteiger partial charge in [-0.05, 0) is 88.3 Å². The van der Waals surface area contributed by atoms with Crippen LogP contribution in [0.25, 0.3) is 112 Å². The molecule has 5 heteroatoms. The Morgan fingerprint density at radius 2 is 0.667 bits per heavy atom. The number of nitrogens with zero attached hydrogens (tertiary/aromatic N) is 5. The van der Waals surface area contributed by atoms with Crippen molar-refractivity contribution >= 4 is 10.8 Å². The van der Waals surface area contributed by atoms with Crippen molar-refractivity contribution in [3.63, 3.8) is 0 Å². The van der Waals surface area contributed by atoms with Gasteiger partial charge in [0.1, 0.15) is 0 Å². The topological polar surface area (TPSA) is 64.5 Å². The molecule has 3 heterocycles. The van der Waals surface area contributed by atoms with E-state index in [1.807, 2.05) is 30.3 Å². The van der Waals surface area contributed by atoms with E-state index in [0.29, 0.717) is 11.6 Å². The second kappa shape index (κ2) is 17.5. The fourth-order valence-electron chi connectivity index (χ4n) is 8.92. The van der Waals surface area contributed by atoms with E-state index in [2.05, 4.69) is 208 Å². The second-order valence-electron chi connectivity index (χ2n) is 16.6. The molecule has 0 fully saturated rings. The molecule has 0 bridgehead atoms. The zero-order valence-corrected chi connectivity index (χ0v) is 36.6. The average Bonchev–Trinajstić information content (AvgIpc) is 3.38. The third-order valence-electron chi connectivity index (χ3n) is 12.1. The third-order valence-corrected chi connectivity index (χ3v) is 12.1. The molecule has 0 aliphatic rings. The summed E-state index contributed by atoms with van der Waals surface area (Å²) in [4.78, 5) is 25.6. The Hall–Kier alpha value is -8.67. The number of aromatic nitrogens is 5.